The molecule has 2 heterocycles. The molecule has 0 radical (unpaired) electrons. The second-order valence-electron chi connectivity index (χ2n) is 6.15. The third-order valence-electron chi connectivity index (χ3n) is 4.29. The number of furan rings is 1. The van der Waals surface area contributed by atoms with E-state index in [-0.39, 0.29) is 17.5 Å². The van der Waals surface area contributed by atoms with E-state index in [9.17, 15) is 9.18 Å². The second kappa shape index (κ2) is 7.48. The van der Waals surface area contributed by atoms with Crippen molar-refractivity contribution in [1.29, 1.82) is 0 Å². The van der Waals surface area contributed by atoms with Gasteiger partial charge in [0.2, 0.25) is 0 Å². The highest BCUT2D eigenvalue weighted by Gasteiger charge is 2.14. The number of hydrogen-bond acceptors (Lipinski definition) is 4. The van der Waals surface area contributed by atoms with Crippen LogP contribution in [0.3, 0.4) is 0 Å². The molecule has 1 amide bonds. The number of amides is 1. The van der Waals surface area contributed by atoms with Crippen molar-refractivity contribution < 1.29 is 13.6 Å². The molecule has 6 nitrogen and oxygen atoms in total. The first kappa shape index (κ1) is 17.7. The SMILES string of the molecule is CCn1cnnc1-c1cccc(NC(=O)c2ccc(-c3ccc(F)cc3)o2)c1. The van der Waals surface area contributed by atoms with Crippen molar-refractivity contribution >= 4 is 11.6 Å². The molecule has 0 aliphatic carbocycles. The van der Waals surface area contributed by atoms with Gasteiger partial charge in [0, 0.05) is 23.4 Å². The van der Waals surface area contributed by atoms with Gasteiger partial charge in [-0.1, -0.05) is 12.1 Å². The average molecular weight is 376 g/mol. The van der Waals surface area contributed by atoms with Gasteiger partial charge in [0.05, 0.1) is 0 Å². The lowest BCUT2D eigenvalue weighted by atomic mass is 10.2. The molecule has 0 fully saturated rings. The number of rotatable bonds is 5. The van der Waals surface area contributed by atoms with Gasteiger partial charge in [-0.2, -0.15) is 0 Å². The van der Waals surface area contributed by atoms with E-state index in [2.05, 4.69) is 15.5 Å². The standard InChI is InChI=1S/C21H17FN4O2/c1-2-26-13-23-25-20(26)15-4-3-5-17(12-15)24-21(27)19-11-10-18(28-19)14-6-8-16(22)9-7-14/h3-13H,2H2,1H3,(H,24,27). The topological polar surface area (TPSA) is 73.0 Å². The number of nitrogens with zero attached hydrogens (tertiary/aromatic N) is 3. The van der Waals surface area contributed by atoms with Crippen LogP contribution in [0.25, 0.3) is 22.7 Å². The van der Waals surface area contributed by atoms with Crippen LogP contribution in [-0.2, 0) is 6.54 Å². The number of aromatic nitrogens is 3. The molecule has 1 N–H and O–H groups in total. The first-order chi connectivity index (χ1) is 13.6. The molecule has 0 aliphatic heterocycles. The minimum atomic E-state index is -0.373. The van der Waals surface area contributed by atoms with Crippen LogP contribution in [-0.4, -0.2) is 20.7 Å². The van der Waals surface area contributed by atoms with E-state index in [1.54, 1.807) is 36.7 Å². The lowest BCUT2D eigenvalue weighted by Gasteiger charge is -2.07. The Hall–Kier alpha value is -3.74. The van der Waals surface area contributed by atoms with E-state index in [0.29, 0.717) is 17.0 Å². The van der Waals surface area contributed by atoms with Crippen LogP contribution in [0.1, 0.15) is 17.5 Å². The smallest absolute Gasteiger partial charge is 0.291 e. The van der Waals surface area contributed by atoms with Crippen LogP contribution in [0, 0.1) is 5.82 Å². The van der Waals surface area contributed by atoms with Gasteiger partial charge >= 0.3 is 0 Å². The summed E-state index contributed by atoms with van der Waals surface area (Å²) in [7, 11) is 0. The van der Waals surface area contributed by atoms with E-state index in [1.807, 2.05) is 29.7 Å². The molecule has 0 bridgehead atoms. The highest BCUT2D eigenvalue weighted by atomic mass is 19.1. The van der Waals surface area contributed by atoms with Gasteiger partial charge in [0.25, 0.3) is 5.91 Å². The van der Waals surface area contributed by atoms with Crippen LogP contribution < -0.4 is 5.32 Å². The van der Waals surface area contributed by atoms with Gasteiger partial charge in [0.1, 0.15) is 17.9 Å². The molecule has 0 saturated carbocycles. The van der Waals surface area contributed by atoms with Crippen molar-refractivity contribution in [1.82, 2.24) is 14.8 Å². The van der Waals surface area contributed by atoms with E-state index in [1.165, 1.54) is 12.1 Å². The lowest BCUT2D eigenvalue weighted by Crippen LogP contribution is -2.10. The highest BCUT2D eigenvalue weighted by molar-refractivity contribution is 6.02. The molecule has 7 heteroatoms. The molecule has 0 spiro atoms. The Morgan fingerprint density at radius 3 is 2.71 bits per heavy atom. The number of nitrogens with one attached hydrogen (secondary N) is 1. The maximum atomic E-state index is 13.1. The first-order valence-electron chi connectivity index (χ1n) is 8.79. The number of halogens is 1. The number of anilines is 1. The Bertz CT molecular complexity index is 1120. The number of benzene rings is 2. The molecule has 0 atom stereocenters. The number of carbonyl (C=O) groups is 1. The molecule has 140 valence electrons. The van der Waals surface area contributed by atoms with E-state index in [0.717, 1.165) is 17.9 Å². The van der Waals surface area contributed by atoms with Gasteiger partial charge in [-0.3, -0.25) is 4.79 Å². The van der Waals surface area contributed by atoms with Gasteiger partial charge < -0.3 is 14.3 Å². The summed E-state index contributed by atoms with van der Waals surface area (Å²) < 4.78 is 20.6. The molecule has 0 aliphatic rings. The Kier molecular flexibility index (Phi) is 4.72. The molecule has 4 rings (SSSR count). The predicted octanol–water partition coefficient (Wildman–Crippen LogP) is 4.62. The third-order valence-corrected chi connectivity index (χ3v) is 4.29. The molecule has 28 heavy (non-hydrogen) atoms. The molecule has 0 unspecified atom stereocenters. The van der Waals surface area contributed by atoms with Gasteiger partial charge in [-0.15, -0.1) is 10.2 Å². The van der Waals surface area contributed by atoms with Crippen molar-refractivity contribution in [3.63, 3.8) is 0 Å². The second-order valence-corrected chi connectivity index (χ2v) is 6.15. The van der Waals surface area contributed by atoms with Crippen LogP contribution in [0.5, 0.6) is 0 Å². The number of aryl methyl sites for hydroxylation is 1. The summed E-state index contributed by atoms with van der Waals surface area (Å²) in [5.74, 6) is 0.695. The number of hydrogen-bond donors (Lipinski definition) is 1. The van der Waals surface area contributed by atoms with Crippen LogP contribution >= 0.6 is 0 Å². The fourth-order valence-electron chi connectivity index (χ4n) is 2.87. The molecule has 2 aromatic carbocycles. The summed E-state index contributed by atoms with van der Waals surface area (Å²) in [5, 5.41) is 10.9. The fraction of sp³-hybridized carbons (Fsp3) is 0.0952. The van der Waals surface area contributed by atoms with Crippen LogP contribution in [0.2, 0.25) is 0 Å². The zero-order chi connectivity index (χ0) is 19.5. The minimum Gasteiger partial charge on any atom is -0.451 e. The Morgan fingerprint density at radius 2 is 1.93 bits per heavy atom. The fourth-order valence-corrected chi connectivity index (χ4v) is 2.87. The van der Waals surface area contributed by atoms with Crippen molar-refractivity contribution in [2.24, 2.45) is 0 Å². The normalized spacial score (nSPS) is 10.8. The summed E-state index contributed by atoms with van der Waals surface area (Å²) in [6, 6.07) is 16.5. The summed E-state index contributed by atoms with van der Waals surface area (Å²) >= 11 is 0. The van der Waals surface area contributed by atoms with E-state index < -0.39 is 0 Å². The molecular weight excluding hydrogens is 359 g/mol. The molecule has 4 aromatic rings. The van der Waals surface area contributed by atoms with Crippen molar-refractivity contribution in [3.05, 3.63) is 78.6 Å². The largest absolute Gasteiger partial charge is 0.451 e. The maximum absolute atomic E-state index is 13.1. The zero-order valence-electron chi connectivity index (χ0n) is 15.1. The van der Waals surface area contributed by atoms with Gasteiger partial charge in [-0.25, -0.2) is 4.39 Å². The van der Waals surface area contributed by atoms with Gasteiger partial charge in [-0.05, 0) is 55.5 Å². The third kappa shape index (κ3) is 3.55. The zero-order valence-corrected chi connectivity index (χ0v) is 15.1. The quantitative estimate of drug-likeness (QED) is 0.552. The summed E-state index contributed by atoms with van der Waals surface area (Å²) in [6.07, 6.45) is 1.67. The molecule has 0 saturated heterocycles. The first-order valence-corrected chi connectivity index (χ1v) is 8.79. The van der Waals surface area contributed by atoms with Crippen LogP contribution in [0.15, 0.2) is 71.4 Å². The molecular formula is C21H17FN4O2. The molecule has 2 aromatic heterocycles. The maximum Gasteiger partial charge on any atom is 0.291 e. The Morgan fingerprint density at radius 1 is 1.11 bits per heavy atom. The van der Waals surface area contributed by atoms with Crippen molar-refractivity contribution in [2.45, 2.75) is 13.5 Å². The van der Waals surface area contributed by atoms with Crippen LogP contribution in [0.4, 0.5) is 10.1 Å². The summed E-state index contributed by atoms with van der Waals surface area (Å²) in [5.41, 5.74) is 2.16. The summed E-state index contributed by atoms with van der Waals surface area (Å²) in [6.45, 7) is 2.76. The Balaban J connectivity index is 1.53. The average Bonchev–Trinajstić information content (AvgIpc) is 3.38. The Labute approximate surface area is 160 Å². The summed E-state index contributed by atoms with van der Waals surface area (Å²) in [4.78, 5) is 12.5. The van der Waals surface area contributed by atoms with Crippen molar-refractivity contribution in [3.8, 4) is 22.7 Å². The number of carbonyl (C=O) groups excluding carboxylic acids is 1. The predicted molar refractivity (Wildman–Crippen MR) is 103 cm³/mol. The van der Waals surface area contributed by atoms with Gasteiger partial charge in [0.15, 0.2) is 11.6 Å². The lowest BCUT2D eigenvalue weighted by molar-refractivity contribution is 0.0997. The highest BCUT2D eigenvalue weighted by Crippen LogP contribution is 2.24. The monoisotopic (exact) mass is 376 g/mol. The van der Waals surface area contributed by atoms with E-state index >= 15 is 0 Å². The van der Waals surface area contributed by atoms with Crippen molar-refractivity contribution in [2.75, 3.05) is 5.32 Å². The minimum absolute atomic E-state index is 0.168. The van der Waals surface area contributed by atoms with E-state index in [4.69, 9.17) is 4.42 Å².